The number of hydrogen-bond donors (Lipinski definition) is 3. The number of nitrogens with one attached hydrogen (secondary N) is 3. The second-order valence-electron chi connectivity index (χ2n) is 7.77. The van der Waals surface area contributed by atoms with Gasteiger partial charge in [0.1, 0.15) is 0 Å². The van der Waals surface area contributed by atoms with Crippen LogP contribution in [0.15, 0.2) is 29.3 Å². The zero-order chi connectivity index (χ0) is 18.4. The van der Waals surface area contributed by atoms with Crippen molar-refractivity contribution in [2.45, 2.75) is 51.9 Å². The van der Waals surface area contributed by atoms with Crippen molar-refractivity contribution >= 4 is 41.5 Å². The molecule has 3 rings (SSSR count). The van der Waals surface area contributed by atoms with Gasteiger partial charge in [-0.3, -0.25) is 9.79 Å². The number of aliphatic imine (C=N–C) groups is 1. The Bertz CT molecular complexity index is 649. The summed E-state index contributed by atoms with van der Waals surface area (Å²) in [6.07, 6.45) is 5.80. The molecule has 3 unspecified atom stereocenters. The topological polar surface area (TPSA) is 65.5 Å². The second-order valence-corrected chi connectivity index (χ2v) is 7.77. The van der Waals surface area contributed by atoms with Crippen LogP contribution in [0.3, 0.4) is 0 Å². The van der Waals surface area contributed by atoms with Crippen molar-refractivity contribution in [1.82, 2.24) is 10.6 Å². The summed E-state index contributed by atoms with van der Waals surface area (Å²) in [6, 6.07) is 8.08. The highest BCUT2D eigenvalue weighted by Gasteiger charge is 2.25. The van der Waals surface area contributed by atoms with Crippen LogP contribution < -0.4 is 16.0 Å². The van der Waals surface area contributed by atoms with Crippen LogP contribution in [0.25, 0.3) is 0 Å². The Balaban J connectivity index is 0.00000261. The molecule has 2 aliphatic rings. The number of benzene rings is 1. The van der Waals surface area contributed by atoms with E-state index in [1.54, 1.807) is 0 Å². The normalized spacial score (nSPS) is 25.0. The van der Waals surface area contributed by atoms with Crippen molar-refractivity contribution in [1.29, 1.82) is 0 Å². The number of hydrogen-bond acceptors (Lipinski definition) is 2. The lowest BCUT2D eigenvalue weighted by Crippen LogP contribution is -2.41. The maximum atomic E-state index is 12.0. The van der Waals surface area contributed by atoms with Crippen LogP contribution in [-0.4, -0.2) is 31.5 Å². The molecular formula is C21H33IN4O. The fourth-order valence-electron chi connectivity index (χ4n) is 4.19. The molecule has 150 valence electrons. The second kappa shape index (κ2) is 10.9. The molecule has 0 saturated heterocycles. The lowest BCUT2D eigenvalue weighted by molar-refractivity contribution is -0.116. The van der Waals surface area contributed by atoms with E-state index in [1.807, 2.05) is 18.2 Å². The van der Waals surface area contributed by atoms with Gasteiger partial charge in [-0.05, 0) is 43.2 Å². The molecule has 1 fully saturated rings. The van der Waals surface area contributed by atoms with Gasteiger partial charge in [0.25, 0.3) is 0 Å². The molecule has 6 heteroatoms. The van der Waals surface area contributed by atoms with Crippen molar-refractivity contribution in [2.75, 3.05) is 25.0 Å². The van der Waals surface area contributed by atoms with Gasteiger partial charge < -0.3 is 16.0 Å². The molecule has 0 radical (unpaired) electrons. The van der Waals surface area contributed by atoms with E-state index in [0.717, 1.165) is 37.2 Å². The average molecular weight is 484 g/mol. The van der Waals surface area contributed by atoms with Crippen LogP contribution in [0.2, 0.25) is 0 Å². The predicted octanol–water partition coefficient (Wildman–Crippen LogP) is 4.11. The van der Waals surface area contributed by atoms with E-state index >= 15 is 0 Å². The number of fused-ring (bicyclic) bond motifs is 1. The monoisotopic (exact) mass is 484 g/mol. The largest absolute Gasteiger partial charge is 0.357 e. The van der Waals surface area contributed by atoms with Crippen LogP contribution >= 0.6 is 24.0 Å². The number of nitrogens with zero attached hydrogens (tertiary/aromatic N) is 1. The number of guanidine groups is 1. The standard InChI is InChI=1S/C21H32N4O.HI/c1-3-22-21(23-13-16-8-6-7-15(2)11-16)24-14-17-12-20(26)25-19-10-5-4-9-18(17)19;/h4-5,9-10,15-17H,3,6-8,11-14H2,1-2H3,(H,25,26)(H2,22,23,24);1H. The Hall–Kier alpha value is -1.31. The van der Waals surface area contributed by atoms with Gasteiger partial charge in [-0.2, -0.15) is 0 Å². The van der Waals surface area contributed by atoms with Crippen LogP contribution in [0.1, 0.15) is 57.4 Å². The predicted molar refractivity (Wildman–Crippen MR) is 123 cm³/mol. The van der Waals surface area contributed by atoms with E-state index in [9.17, 15) is 4.79 Å². The summed E-state index contributed by atoms with van der Waals surface area (Å²) in [5.41, 5.74) is 2.14. The first kappa shape index (κ1) is 22.0. The van der Waals surface area contributed by atoms with Crippen molar-refractivity contribution in [3.05, 3.63) is 29.8 Å². The zero-order valence-electron chi connectivity index (χ0n) is 16.5. The Morgan fingerprint density at radius 3 is 2.85 bits per heavy atom. The number of carbonyl (C=O) groups is 1. The molecule has 3 atom stereocenters. The fourth-order valence-corrected chi connectivity index (χ4v) is 4.19. The zero-order valence-corrected chi connectivity index (χ0v) is 18.8. The molecule has 0 bridgehead atoms. The number of halogens is 1. The minimum Gasteiger partial charge on any atom is -0.357 e. The highest BCUT2D eigenvalue weighted by Crippen LogP contribution is 2.31. The summed E-state index contributed by atoms with van der Waals surface area (Å²) in [7, 11) is 0. The Morgan fingerprint density at radius 1 is 1.26 bits per heavy atom. The molecule has 0 aromatic heterocycles. The van der Waals surface area contributed by atoms with Crippen LogP contribution in [-0.2, 0) is 4.79 Å². The SMILES string of the molecule is CCNC(=NCC1CCCC(C)C1)NCC1CC(=O)Nc2ccccc21.I. The van der Waals surface area contributed by atoms with Gasteiger partial charge in [0.2, 0.25) is 5.91 Å². The third-order valence-corrected chi connectivity index (χ3v) is 5.52. The lowest BCUT2D eigenvalue weighted by Gasteiger charge is -2.27. The molecule has 0 spiro atoms. The molecule has 1 heterocycles. The number of rotatable bonds is 5. The highest BCUT2D eigenvalue weighted by atomic mass is 127. The molecule has 1 saturated carbocycles. The van der Waals surface area contributed by atoms with Crippen LogP contribution in [0.5, 0.6) is 0 Å². The maximum Gasteiger partial charge on any atom is 0.225 e. The molecule has 1 aliphatic heterocycles. The van der Waals surface area contributed by atoms with Crippen LogP contribution in [0.4, 0.5) is 5.69 Å². The van der Waals surface area contributed by atoms with E-state index in [-0.39, 0.29) is 35.8 Å². The van der Waals surface area contributed by atoms with Gasteiger partial charge >= 0.3 is 0 Å². The molecule has 27 heavy (non-hydrogen) atoms. The quantitative estimate of drug-likeness (QED) is 0.335. The van der Waals surface area contributed by atoms with Gasteiger partial charge in [0.05, 0.1) is 0 Å². The molecule has 1 aromatic rings. The summed E-state index contributed by atoms with van der Waals surface area (Å²) in [6.45, 7) is 6.89. The van der Waals surface area contributed by atoms with Crippen molar-refractivity contribution in [3.63, 3.8) is 0 Å². The third kappa shape index (κ3) is 6.36. The molecule has 1 amide bonds. The number of para-hydroxylation sites is 1. The third-order valence-electron chi connectivity index (χ3n) is 5.52. The number of anilines is 1. The number of amides is 1. The number of carbonyl (C=O) groups excluding carboxylic acids is 1. The molecule has 3 N–H and O–H groups in total. The van der Waals surface area contributed by atoms with Gasteiger partial charge in [0.15, 0.2) is 5.96 Å². The fraction of sp³-hybridized carbons (Fsp3) is 0.619. The molecule has 1 aliphatic carbocycles. The Labute approximate surface area is 180 Å². The van der Waals surface area contributed by atoms with Gasteiger partial charge in [-0.1, -0.05) is 38.0 Å². The van der Waals surface area contributed by atoms with E-state index in [1.165, 1.54) is 31.2 Å². The highest BCUT2D eigenvalue weighted by molar-refractivity contribution is 14.0. The Morgan fingerprint density at radius 2 is 2.07 bits per heavy atom. The first-order valence-electron chi connectivity index (χ1n) is 10.1. The summed E-state index contributed by atoms with van der Waals surface area (Å²) in [5, 5.41) is 9.77. The molecule has 1 aromatic carbocycles. The minimum absolute atomic E-state index is 0. The van der Waals surface area contributed by atoms with Crippen molar-refractivity contribution in [3.8, 4) is 0 Å². The average Bonchev–Trinajstić information content (AvgIpc) is 2.63. The maximum absolute atomic E-state index is 12.0. The first-order chi connectivity index (χ1) is 12.7. The van der Waals surface area contributed by atoms with E-state index in [0.29, 0.717) is 12.3 Å². The van der Waals surface area contributed by atoms with E-state index in [2.05, 4.69) is 35.9 Å². The van der Waals surface area contributed by atoms with Crippen molar-refractivity contribution in [2.24, 2.45) is 16.8 Å². The van der Waals surface area contributed by atoms with Crippen molar-refractivity contribution < 1.29 is 4.79 Å². The Kier molecular flexibility index (Phi) is 8.86. The smallest absolute Gasteiger partial charge is 0.225 e. The summed E-state index contributed by atoms with van der Waals surface area (Å²) < 4.78 is 0. The van der Waals surface area contributed by atoms with Gasteiger partial charge in [0, 0.05) is 37.7 Å². The van der Waals surface area contributed by atoms with Crippen LogP contribution in [0, 0.1) is 11.8 Å². The first-order valence-corrected chi connectivity index (χ1v) is 10.1. The van der Waals surface area contributed by atoms with Gasteiger partial charge in [-0.25, -0.2) is 0 Å². The minimum atomic E-state index is 0. The van der Waals surface area contributed by atoms with Gasteiger partial charge in [-0.15, -0.1) is 24.0 Å². The van der Waals surface area contributed by atoms with E-state index in [4.69, 9.17) is 4.99 Å². The summed E-state index contributed by atoms with van der Waals surface area (Å²) in [4.78, 5) is 16.8. The lowest BCUT2D eigenvalue weighted by atomic mass is 9.82. The van der Waals surface area contributed by atoms with E-state index < -0.39 is 0 Å². The summed E-state index contributed by atoms with van der Waals surface area (Å²) in [5.74, 6) is 2.67. The summed E-state index contributed by atoms with van der Waals surface area (Å²) >= 11 is 0. The molecule has 5 nitrogen and oxygen atoms in total. The molecular weight excluding hydrogens is 451 g/mol.